The molecule has 3 rings (SSSR count). The maximum absolute atomic E-state index is 12.6. The summed E-state index contributed by atoms with van der Waals surface area (Å²) in [4.78, 5) is 29.0. The molecule has 1 aromatic heterocycles. The van der Waals surface area contributed by atoms with E-state index in [-0.39, 0.29) is 17.7 Å². The highest BCUT2D eigenvalue weighted by molar-refractivity contribution is 5.98. The largest absolute Gasteiger partial charge is 0.341 e. The predicted octanol–water partition coefficient (Wildman–Crippen LogP) is 3.42. The molecule has 2 amide bonds. The summed E-state index contributed by atoms with van der Waals surface area (Å²) in [5.74, 6) is 1.33. The van der Waals surface area contributed by atoms with Gasteiger partial charge in [0.1, 0.15) is 6.04 Å². The number of rotatable bonds is 7. The Morgan fingerprint density at radius 1 is 1.26 bits per heavy atom. The summed E-state index contributed by atoms with van der Waals surface area (Å²) in [6.45, 7) is 7.87. The second-order valence-electron chi connectivity index (χ2n) is 7.64. The Morgan fingerprint density at radius 2 is 2.00 bits per heavy atom. The summed E-state index contributed by atoms with van der Waals surface area (Å²) in [6.07, 6.45) is 2.60. The minimum Gasteiger partial charge on any atom is -0.341 e. The van der Waals surface area contributed by atoms with E-state index in [1.165, 1.54) is 0 Å². The monoisotopic (exact) mass is 370 g/mol. The van der Waals surface area contributed by atoms with Crippen LogP contribution in [0.2, 0.25) is 0 Å². The Hall–Kier alpha value is -2.70. The van der Waals surface area contributed by atoms with Gasteiger partial charge in [-0.2, -0.15) is 4.98 Å². The van der Waals surface area contributed by atoms with E-state index in [4.69, 9.17) is 4.52 Å². The zero-order valence-corrected chi connectivity index (χ0v) is 16.2. The fourth-order valence-electron chi connectivity index (χ4n) is 2.71. The molecule has 0 unspecified atom stereocenters. The summed E-state index contributed by atoms with van der Waals surface area (Å²) in [5, 5.41) is 9.73. The van der Waals surface area contributed by atoms with Crippen molar-refractivity contribution < 1.29 is 14.1 Å². The number of aromatic nitrogens is 2. The molecule has 1 aliphatic carbocycles. The minimum absolute atomic E-state index is 0.0209. The molecule has 2 N–H and O–H groups in total. The normalized spacial score (nSPS) is 14.9. The molecular formula is C20H26N4O3. The second kappa shape index (κ2) is 7.90. The van der Waals surface area contributed by atoms with Gasteiger partial charge in [-0.25, -0.2) is 0 Å². The molecule has 7 heteroatoms. The van der Waals surface area contributed by atoms with Crippen LogP contribution in [-0.4, -0.2) is 22.0 Å². The van der Waals surface area contributed by atoms with Crippen LogP contribution in [0.1, 0.15) is 67.3 Å². The van der Waals surface area contributed by atoms with Gasteiger partial charge in [-0.05, 0) is 50.3 Å². The molecule has 1 saturated carbocycles. The molecule has 0 aliphatic heterocycles. The highest BCUT2D eigenvalue weighted by atomic mass is 16.5. The van der Waals surface area contributed by atoms with Crippen molar-refractivity contribution in [3.05, 3.63) is 41.0 Å². The summed E-state index contributed by atoms with van der Waals surface area (Å²) in [5.41, 5.74) is 2.06. The van der Waals surface area contributed by atoms with Gasteiger partial charge in [-0.3, -0.25) is 9.59 Å². The Bertz CT molecular complexity index is 840. The smallest absolute Gasteiger partial charge is 0.251 e. The third kappa shape index (κ3) is 4.93. The number of carbonyl (C=O) groups excluding carboxylic acids is 2. The van der Waals surface area contributed by atoms with E-state index in [1.54, 1.807) is 19.1 Å². The van der Waals surface area contributed by atoms with Crippen LogP contribution in [0.5, 0.6) is 0 Å². The fourth-order valence-corrected chi connectivity index (χ4v) is 2.71. The molecule has 0 bridgehead atoms. The number of benzene rings is 1. The van der Waals surface area contributed by atoms with E-state index in [1.807, 2.05) is 13.0 Å². The number of hydrogen-bond donors (Lipinski definition) is 2. The zero-order chi connectivity index (χ0) is 19.6. The average molecular weight is 370 g/mol. The molecule has 1 aliphatic rings. The molecule has 1 heterocycles. The van der Waals surface area contributed by atoms with Gasteiger partial charge in [0.05, 0.1) is 0 Å². The Morgan fingerprint density at radius 3 is 2.67 bits per heavy atom. The van der Waals surface area contributed by atoms with E-state index in [9.17, 15) is 9.59 Å². The van der Waals surface area contributed by atoms with Crippen molar-refractivity contribution in [2.75, 3.05) is 5.32 Å². The van der Waals surface area contributed by atoms with Crippen LogP contribution in [0.25, 0.3) is 0 Å². The van der Waals surface area contributed by atoms with Crippen molar-refractivity contribution in [1.29, 1.82) is 0 Å². The number of nitrogens with one attached hydrogen (secondary N) is 2. The molecule has 1 atom stereocenters. The Kier molecular flexibility index (Phi) is 5.58. The summed E-state index contributed by atoms with van der Waals surface area (Å²) in [6, 6.07) is 4.87. The van der Waals surface area contributed by atoms with Crippen LogP contribution in [0, 0.1) is 18.8 Å². The number of hydrogen-bond acceptors (Lipinski definition) is 5. The molecule has 1 fully saturated rings. The summed E-state index contributed by atoms with van der Waals surface area (Å²) < 4.78 is 5.26. The topological polar surface area (TPSA) is 97.1 Å². The molecule has 144 valence electrons. The maximum Gasteiger partial charge on any atom is 0.251 e. The first-order valence-electron chi connectivity index (χ1n) is 9.38. The van der Waals surface area contributed by atoms with E-state index < -0.39 is 6.04 Å². The first-order chi connectivity index (χ1) is 12.8. The molecule has 7 nitrogen and oxygen atoms in total. The van der Waals surface area contributed by atoms with Crippen LogP contribution in [0.4, 0.5) is 5.69 Å². The standard InChI is InChI=1S/C20H26N4O3/c1-11(2)9-17-23-20(27-24-17)13(4)21-19(26)15-6-5-12(3)16(10-15)22-18(25)14-7-8-14/h5-6,10-11,13-14H,7-9H2,1-4H3,(H,21,26)(H,22,25)/t13-/m0/s1. The first-order valence-corrected chi connectivity index (χ1v) is 9.38. The van der Waals surface area contributed by atoms with Gasteiger partial charge < -0.3 is 15.2 Å². The molecule has 1 aromatic carbocycles. The Labute approximate surface area is 158 Å². The van der Waals surface area contributed by atoms with E-state index >= 15 is 0 Å². The molecule has 0 spiro atoms. The number of carbonyl (C=O) groups is 2. The highest BCUT2D eigenvalue weighted by Gasteiger charge is 2.30. The minimum atomic E-state index is -0.406. The van der Waals surface area contributed by atoms with Gasteiger partial charge in [0.2, 0.25) is 11.8 Å². The molecule has 27 heavy (non-hydrogen) atoms. The lowest BCUT2D eigenvalue weighted by Gasteiger charge is -2.13. The summed E-state index contributed by atoms with van der Waals surface area (Å²) >= 11 is 0. The van der Waals surface area contributed by atoms with Crippen molar-refractivity contribution >= 4 is 17.5 Å². The lowest BCUT2D eigenvalue weighted by Crippen LogP contribution is -2.27. The number of aryl methyl sites for hydroxylation is 1. The van der Waals surface area contributed by atoms with Crippen LogP contribution < -0.4 is 10.6 Å². The van der Waals surface area contributed by atoms with Crippen molar-refractivity contribution in [2.24, 2.45) is 11.8 Å². The van der Waals surface area contributed by atoms with E-state index in [0.717, 1.165) is 24.8 Å². The average Bonchev–Trinajstić information content (AvgIpc) is 3.36. The lowest BCUT2D eigenvalue weighted by molar-refractivity contribution is -0.117. The van der Waals surface area contributed by atoms with E-state index in [2.05, 4.69) is 34.6 Å². The van der Waals surface area contributed by atoms with Crippen molar-refractivity contribution in [1.82, 2.24) is 15.5 Å². The Balaban J connectivity index is 1.66. The SMILES string of the molecule is Cc1ccc(C(=O)N[C@@H](C)c2nc(CC(C)C)no2)cc1NC(=O)C1CC1. The third-order valence-corrected chi connectivity index (χ3v) is 4.50. The number of nitrogens with zero attached hydrogens (tertiary/aromatic N) is 2. The van der Waals surface area contributed by atoms with Crippen molar-refractivity contribution in [3.8, 4) is 0 Å². The fraction of sp³-hybridized carbons (Fsp3) is 0.500. The van der Waals surface area contributed by atoms with Gasteiger partial charge >= 0.3 is 0 Å². The lowest BCUT2D eigenvalue weighted by atomic mass is 10.1. The van der Waals surface area contributed by atoms with Gasteiger partial charge in [0.25, 0.3) is 5.91 Å². The number of anilines is 1. The third-order valence-electron chi connectivity index (χ3n) is 4.50. The maximum atomic E-state index is 12.6. The second-order valence-corrected chi connectivity index (χ2v) is 7.64. The van der Waals surface area contributed by atoms with Crippen LogP contribution >= 0.6 is 0 Å². The molecule has 0 saturated heterocycles. The number of amides is 2. The molecule has 0 radical (unpaired) electrons. The highest BCUT2D eigenvalue weighted by Crippen LogP contribution is 2.31. The quantitative estimate of drug-likeness (QED) is 0.778. The van der Waals surface area contributed by atoms with Crippen LogP contribution in [-0.2, 0) is 11.2 Å². The van der Waals surface area contributed by atoms with Gasteiger partial charge in [-0.1, -0.05) is 25.1 Å². The molecule has 2 aromatic rings. The predicted molar refractivity (Wildman–Crippen MR) is 101 cm³/mol. The van der Waals surface area contributed by atoms with Crippen molar-refractivity contribution in [3.63, 3.8) is 0 Å². The van der Waals surface area contributed by atoms with Crippen LogP contribution in [0.15, 0.2) is 22.7 Å². The van der Waals surface area contributed by atoms with Crippen LogP contribution in [0.3, 0.4) is 0 Å². The molecular weight excluding hydrogens is 344 g/mol. The van der Waals surface area contributed by atoms with Gasteiger partial charge in [0.15, 0.2) is 5.82 Å². The van der Waals surface area contributed by atoms with Crippen molar-refractivity contribution in [2.45, 2.75) is 53.0 Å². The zero-order valence-electron chi connectivity index (χ0n) is 16.2. The van der Waals surface area contributed by atoms with Gasteiger partial charge in [0, 0.05) is 23.6 Å². The van der Waals surface area contributed by atoms with E-state index in [0.29, 0.717) is 28.9 Å². The summed E-state index contributed by atoms with van der Waals surface area (Å²) in [7, 11) is 0. The first kappa shape index (κ1) is 19.1. The van der Waals surface area contributed by atoms with Gasteiger partial charge in [-0.15, -0.1) is 0 Å².